The van der Waals surface area contributed by atoms with Crippen molar-refractivity contribution in [1.29, 1.82) is 0 Å². The second-order valence-corrected chi connectivity index (χ2v) is 5.30. The lowest BCUT2D eigenvalue weighted by atomic mass is 10.1. The number of anilines is 1. The Hall–Kier alpha value is -1.62. The first-order valence-corrected chi connectivity index (χ1v) is 7.32. The van der Waals surface area contributed by atoms with Gasteiger partial charge in [0.05, 0.1) is 18.7 Å². The van der Waals surface area contributed by atoms with Gasteiger partial charge in [0.2, 0.25) is 0 Å². The van der Waals surface area contributed by atoms with Crippen molar-refractivity contribution >= 4 is 11.7 Å². The van der Waals surface area contributed by atoms with E-state index in [0.717, 1.165) is 5.56 Å². The first-order valence-electron chi connectivity index (χ1n) is 7.32. The van der Waals surface area contributed by atoms with E-state index in [1.54, 1.807) is 24.9 Å². The Labute approximate surface area is 126 Å². The van der Waals surface area contributed by atoms with Gasteiger partial charge in [-0.05, 0) is 24.6 Å². The quantitative estimate of drug-likeness (QED) is 0.749. The van der Waals surface area contributed by atoms with Gasteiger partial charge >= 0.3 is 5.97 Å². The van der Waals surface area contributed by atoms with Crippen LogP contribution in [0.2, 0.25) is 0 Å². The minimum Gasteiger partial charge on any atom is -0.466 e. The van der Waals surface area contributed by atoms with E-state index in [4.69, 9.17) is 4.74 Å². The smallest absolute Gasteiger partial charge is 0.307 e. The molecule has 1 N–H and O–H groups in total. The molecule has 0 aliphatic heterocycles. The van der Waals surface area contributed by atoms with Crippen LogP contribution in [0.3, 0.4) is 0 Å². The fraction of sp³-hybridized carbons (Fsp3) is 0.562. The molecule has 0 bridgehead atoms. The summed E-state index contributed by atoms with van der Waals surface area (Å²) in [7, 11) is 1.78. The molecular weight excluding hydrogens is 271 g/mol. The van der Waals surface area contributed by atoms with Crippen LogP contribution in [-0.2, 0) is 16.1 Å². The van der Waals surface area contributed by atoms with E-state index in [1.165, 1.54) is 6.07 Å². The zero-order valence-corrected chi connectivity index (χ0v) is 13.3. The maximum Gasteiger partial charge on any atom is 0.307 e. The Morgan fingerprint density at radius 1 is 1.43 bits per heavy atom. The van der Waals surface area contributed by atoms with Crippen LogP contribution in [0.1, 0.15) is 32.8 Å². The molecule has 0 atom stereocenters. The summed E-state index contributed by atoms with van der Waals surface area (Å²) in [4.78, 5) is 13.1. The van der Waals surface area contributed by atoms with Crippen LogP contribution >= 0.6 is 0 Å². The van der Waals surface area contributed by atoms with Gasteiger partial charge in [-0.1, -0.05) is 19.9 Å². The summed E-state index contributed by atoms with van der Waals surface area (Å²) in [5.41, 5.74) is 1.52. The van der Waals surface area contributed by atoms with E-state index >= 15 is 0 Å². The number of halogens is 1. The van der Waals surface area contributed by atoms with Gasteiger partial charge in [0.15, 0.2) is 0 Å². The number of ether oxygens (including phenoxy) is 1. The maximum absolute atomic E-state index is 13.9. The largest absolute Gasteiger partial charge is 0.466 e. The van der Waals surface area contributed by atoms with Gasteiger partial charge in [0, 0.05) is 26.2 Å². The molecule has 0 amide bonds. The molecule has 5 heteroatoms. The summed E-state index contributed by atoms with van der Waals surface area (Å²) in [6.07, 6.45) is 0.248. The van der Waals surface area contributed by atoms with Crippen molar-refractivity contribution in [3.05, 3.63) is 29.6 Å². The normalized spacial score (nSPS) is 10.8. The summed E-state index contributed by atoms with van der Waals surface area (Å²) in [6, 6.07) is 5.43. The highest BCUT2D eigenvalue weighted by atomic mass is 19.1. The topological polar surface area (TPSA) is 41.6 Å². The van der Waals surface area contributed by atoms with Crippen LogP contribution in [-0.4, -0.2) is 32.2 Å². The first-order chi connectivity index (χ1) is 9.93. The number of carbonyl (C=O) groups is 1. The molecule has 0 unspecified atom stereocenters. The Morgan fingerprint density at radius 2 is 2.14 bits per heavy atom. The van der Waals surface area contributed by atoms with Crippen molar-refractivity contribution in [3.8, 4) is 0 Å². The molecule has 1 aromatic rings. The fourth-order valence-corrected chi connectivity index (χ4v) is 1.90. The Morgan fingerprint density at radius 3 is 2.76 bits per heavy atom. The summed E-state index contributed by atoms with van der Waals surface area (Å²) in [5, 5.41) is 3.30. The van der Waals surface area contributed by atoms with Gasteiger partial charge in [-0.25, -0.2) is 4.39 Å². The number of esters is 1. The lowest BCUT2D eigenvalue weighted by Crippen LogP contribution is -2.24. The Balaban J connectivity index is 2.67. The molecule has 0 heterocycles. The van der Waals surface area contributed by atoms with Gasteiger partial charge in [-0.15, -0.1) is 0 Å². The number of benzene rings is 1. The van der Waals surface area contributed by atoms with Crippen LogP contribution in [0.25, 0.3) is 0 Å². The highest BCUT2D eigenvalue weighted by Gasteiger charge is 2.11. The molecule has 0 fully saturated rings. The summed E-state index contributed by atoms with van der Waals surface area (Å²) in [6.45, 7) is 7.39. The molecule has 0 aliphatic carbocycles. The second-order valence-electron chi connectivity index (χ2n) is 5.30. The molecule has 0 aliphatic rings. The van der Waals surface area contributed by atoms with Gasteiger partial charge < -0.3 is 15.0 Å². The number of hydrogen-bond acceptors (Lipinski definition) is 4. The third-order valence-corrected chi connectivity index (χ3v) is 3.09. The molecule has 4 nitrogen and oxygen atoms in total. The highest BCUT2D eigenvalue weighted by Crippen LogP contribution is 2.20. The zero-order valence-electron chi connectivity index (χ0n) is 13.3. The van der Waals surface area contributed by atoms with Gasteiger partial charge in [-0.2, -0.15) is 0 Å². The number of nitrogens with zero attached hydrogens (tertiary/aromatic N) is 1. The van der Waals surface area contributed by atoms with Gasteiger partial charge in [0.25, 0.3) is 0 Å². The minimum absolute atomic E-state index is 0.248. The third kappa shape index (κ3) is 6.12. The first kappa shape index (κ1) is 17.4. The SMILES string of the molecule is CCOC(=O)CCN(C)c1cc(CNC(C)C)ccc1F. The van der Waals surface area contributed by atoms with Crippen LogP contribution in [0, 0.1) is 5.82 Å². The molecule has 0 saturated carbocycles. The van der Waals surface area contributed by atoms with Crippen molar-refractivity contribution in [2.45, 2.75) is 39.8 Å². The molecule has 0 radical (unpaired) electrons. The molecule has 21 heavy (non-hydrogen) atoms. The fourth-order valence-electron chi connectivity index (χ4n) is 1.90. The molecule has 0 saturated heterocycles. The van der Waals surface area contributed by atoms with E-state index in [2.05, 4.69) is 19.2 Å². The summed E-state index contributed by atoms with van der Waals surface area (Å²) >= 11 is 0. The number of nitrogens with one attached hydrogen (secondary N) is 1. The molecule has 1 aromatic carbocycles. The predicted octanol–water partition coefficient (Wildman–Crippen LogP) is 2.71. The van der Waals surface area contributed by atoms with Crippen molar-refractivity contribution in [2.24, 2.45) is 0 Å². The molecular formula is C16H25FN2O2. The van der Waals surface area contributed by atoms with Crippen LogP contribution in [0.4, 0.5) is 10.1 Å². The minimum atomic E-state index is -0.283. The number of hydrogen-bond donors (Lipinski definition) is 1. The average Bonchev–Trinajstić information content (AvgIpc) is 2.44. The predicted molar refractivity (Wildman–Crippen MR) is 82.9 cm³/mol. The standard InChI is InChI=1S/C16H25FN2O2/c1-5-21-16(20)8-9-19(4)15-10-13(6-7-14(15)17)11-18-12(2)3/h6-7,10,12,18H,5,8-9,11H2,1-4H3. The summed E-state index contributed by atoms with van der Waals surface area (Å²) < 4.78 is 18.8. The molecule has 0 aromatic heterocycles. The summed E-state index contributed by atoms with van der Waals surface area (Å²) in [5.74, 6) is -0.544. The number of rotatable bonds is 8. The number of carbonyl (C=O) groups excluding carboxylic acids is 1. The van der Waals surface area contributed by atoms with E-state index in [0.29, 0.717) is 31.4 Å². The Kier molecular flexibility index (Phi) is 7.15. The van der Waals surface area contributed by atoms with Gasteiger partial charge in [-0.3, -0.25) is 4.79 Å². The molecule has 1 rings (SSSR count). The Bertz CT molecular complexity index is 464. The zero-order chi connectivity index (χ0) is 15.8. The van der Waals surface area contributed by atoms with E-state index in [9.17, 15) is 9.18 Å². The van der Waals surface area contributed by atoms with Crippen LogP contribution in [0.5, 0.6) is 0 Å². The average molecular weight is 296 g/mol. The second kappa shape index (κ2) is 8.62. The monoisotopic (exact) mass is 296 g/mol. The molecule has 0 spiro atoms. The lowest BCUT2D eigenvalue weighted by Gasteiger charge is -2.20. The van der Waals surface area contributed by atoms with E-state index in [-0.39, 0.29) is 18.2 Å². The van der Waals surface area contributed by atoms with E-state index in [1.807, 2.05) is 6.07 Å². The van der Waals surface area contributed by atoms with Crippen molar-refractivity contribution in [1.82, 2.24) is 5.32 Å². The van der Waals surface area contributed by atoms with Crippen molar-refractivity contribution < 1.29 is 13.9 Å². The third-order valence-electron chi connectivity index (χ3n) is 3.09. The molecule has 118 valence electrons. The van der Waals surface area contributed by atoms with Crippen molar-refractivity contribution in [3.63, 3.8) is 0 Å². The van der Waals surface area contributed by atoms with Crippen molar-refractivity contribution in [2.75, 3.05) is 25.1 Å². The lowest BCUT2D eigenvalue weighted by molar-refractivity contribution is -0.142. The maximum atomic E-state index is 13.9. The van der Waals surface area contributed by atoms with Crippen LogP contribution < -0.4 is 10.2 Å². The van der Waals surface area contributed by atoms with Crippen LogP contribution in [0.15, 0.2) is 18.2 Å². The van der Waals surface area contributed by atoms with E-state index < -0.39 is 0 Å². The van der Waals surface area contributed by atoms with Gasteiger partial charge in [0.1, 0.15) is 5.82 Å². The highest BCUT2D eigenvalue weighted by molar-refractivity contribution is 5.70.